The number of nitrogens with zero attached hydrogens (tertiary/aromatic N) is 2. The quantitative estimate of drug-likeness (QED) is 0.880. The molecule has 0 bridgehead atoms. The summed E-state index contributed by atoms with van der Waals surface area (Å²) < 4.78 is 38.9. The van der Waals surface area contributed by atoms with Crippen molar-refractivity contribution in [2.45, 2.75) is 57.5 Å². The minimum Gasteiger partial charge on any atom is -0.263 e. The smallest absolute Gasteiger partial charge is 0.263 e. The maximum absolute atomic E-state index is 13.0. The van der Waals surface area contributed by atoms with Crippen molar-refractivity contribution in [1.29, 1.82) is 0 Å². The summed E-state index contributed by atoms with van der Waals surface area (Å²) in [6, 6.07) is 0. The lowest BCUT2D eigenvalue weighted by Gasteiger charge is -2.31. The lowest BCUT2D eigenvalue weighted by atomic mass is 9.78. The highest BCUT2D eigenvalue weighted by atomic mass is 19.4. The number of rotatable bonds is 2. The molecular formula is C12H18F3N3. The molecule has 1 saturated carbocycles. The van der Waals surface area contributed by atoms with Crippen LogP contribution in [0.25, 0.3) is 0 Å². The summed E-state index contributed by atoms with van der Waals surface area (Å²) in [5.41, 5.74) is 0. The summed E-state index contributed by atoms with van der Waals surface area (Å²) in [7, 11) is 0. The van der Waals surface area contributed by atoms with Gasteiger partial charge in [-0.25, -0.2) is 4.98 Å². The van der Waals surface area contributed by atoms with Crippen LogP contribution in [-0.4, -0.2) is 21.4 Å². The van der Waals surface area contributed by atoms with Gasteiger partial charge in [-0.15, -0.1) is 0 Å². The SMILES string of the molecule is CC(C)c1n[nH]c(C2CCCCC2C(F)(F)F)n1. The molecule has 1 heterocycles. The van der Waals surface area contributed by atoms with Crippen LogP contribution in [0.2, 0.25) is 0 Å². The predicted molar refractivity (Wildman–Crippen MR) is 61.2 cm³/mol. The summed E-state index contributed by atoms with van der Waals surface area (Å²) >= 11 is 0. The lowest BCUT2D eigenvalue weighted by molar-refractivity contribution is -0.187. The molecule has 0 aromatic carbocycles. The van der Waals surface area contributed by atoms with Gasteiger partial charge in [0, 0.05) is 11.8 Å². The standard InChI is InChI=1S/C12H18F3N3/c1-7(2)10-16-11(18-17-10)8-5-3-4-6-9(8)12(13,14)15/h7-9H,3-6H2,1-2H3,(H,16,17,18). The first-order valence-corrected chi connectivity index (χ1v) is 6.38. The van der Waals surface area contributed by atoms with Crippen molar-refractivity contribution < 1.29 is 13.2 Å². The number of nitrogens with one attached hydrogen (secondary N) is 1. The molecule has 1 aliphatic rings. The van der Waals surface area contributed by atoms with Gasteiger partial charge in [-0.1, -0.05) is 26.7 Å². The summed E-state index contributed by atoms with van der Waals surface area (Å²) in [5.74, 6) is -0.710. The molecule has 1 aromatic rings. The Morgan fingerprint density at radius 1 is 1.22 bits per heavy atom. The van der Waals surface area contributed by atoms with E-state index >= 15 is 0 Å². The third-order valence-corrected chi connectivity index (χ3v) is 3.57. The van der Waals surface area contributed by atoms with E-state index in [2.05, 4.69) is 15.2 Å². The number of aromatic amines is 1. The topological polar surface area (TPSA) is 41.6 Å². The molecule has 2 atom stereocenters. The fourth-order valence-electron chi connectivity index (χ4n) is 2.56. The van der Waals surface area contributed by atoms with Crippen molar-refractivity contribution in [3.63, 3.8) is 0 Å². The molecule has 0 amide bonds. The average molecular weight is 261 g/mol. The Morgan fingerprint density at radius 3 is 2.44 bits per heavy atom. The maximum atomic E-state index is 13.0. The first-order valence-electron chi connectivity index (χ1n) is 6.38. The number of H-pyrrole nitrogens is 1. The fourth-order valence-corrected chi connectivity index (χ4v) is 2.56. The Balaban J connectivity index is 2.22. The molecule has 102 valence electrons. The zero-order chi connectivity index (χ0) is 13.3. The predicted octanol–water partition coefficient (Wildman–Crippen LogP) is 3.76. The third kappa shape index (κ3) is 2.67. The second-order valence-corrected chi connectivity index (χ2v) is 5.27. The number of alkyl halides is 3. The summed E-state index contributed by atoms with van der Waals surface area (Å²) in [6.45, 7) is 3.85. The summed E-state index contributed by atoms with van der Waals surface area (Å²) in [4.78, 5) is 4.23. The number of aromatic nitrogens is 3. The van der Waals surface area contributed by atoms with Crippen LogP contribution in [-0.2, 0) is 0 Å². The van der Waals surface area contributed by atoms with Crippen molar-refractivity contribution >= 4 is 0 Å². The van der Waals surface area contributed by atoms with E-state index < -0.39 is 18.0 Å². The third-order valence-electron chi connectivity index (χ3n) is 3.57. The minimum absolute atomic E-state index is 0.128. The van der Waals surface area contributed by atoms with Gasteiger partial charge in [-0.2, -0.15) is 18.3 Å². The highest BCUT2D eigenvalue weighted by Gasteiger charge is 2.47. The highest BCUT2D eigenvalue weighted by Crippen LogP contribution is 2.45. The van der Waals surface area contributed by atoms with E-state index in [1.54, 1.807) is 0 Å². The molecule has 0 saturated heterocycles. The van der Waals surface area contributed by atoms with Crippen LogP contribution in [0.3, 0.4) is 0 Å². The molecule has 6 heteroatoms. The summed E-state index contributed by atoms with van der Waals surface area (Å²) in [6.07, 6.45) is -1.93. The van der Waals surface area contributed by atoms with Crippen LogP contribution >= 0.6 is 0 Å². The molecule has 0 radical (unpaired) electrons. The molecule has 18 heavy (non-hydrogen) atoms. The zero-order valence-corrected chi connectivity index (χ0v) is 10.6. The molecule has 0 spiro atoms. The van der Waals surface area contributed by atoms with Gasteiger partial charge < -0.3 is 0 Å². The largest absolute Gasteiger partial charge is 0.392 e. The Hall–Kier alpha value is -1.07. The van der Waals surface area contributed by atoms with Gasteiger partial charge in [0.05, 0.1) is 5.92 Å². The van der Waals surface area contributed by atoms with Crippen molar-refractivity contribution in [2.24, 2.45) is 5.92 Å². The zero-order valence-electron chi connectivity index (χ0n) is 10.6. The normalized spacial score (nSPS) is 25.7. The van der Waals surface area contributed by atoms with E-state index in [4.69, 9.17) is 0 Å². The highest BCUT2D eigenvalue weighted by molar-refractivity contribution is 5.05. The second-order valence-electron chi connectivity index (χ2n) is 5.27. The number of hydrogen-bond acceptors (Lipinski definition) is 2. The Morgan fingerprint density at radius 2 is 1.89 bits per heavy atom. The van der Waals surface area contributed by atoms with Gasteiger partial charge in [0.1, 0.15) is 5.82 Å². The van der Waals surface area contributed by atoms with Crippen molar-refractivity contribution in [2.75, 3.05) is 0 Å². The molecule has 0 aliphatic heterocycles. The second kappa shape index (κ2) is 4.90. The van der Waals surface area contributed by atoms with E-state index in [0.29, 0.717) is 24.5 Å². The molecule has 1 N–H and O–H groups in total. The van der Waals surface area contributed by atoms with E-state index in [1.807, 2.05) is 13.8 Å². The van der Waals surface area contributed by atoms with Gasteiger partial charge >= 0.3 is 6.18 Å². The van der Waals surface area contributed by atoms with Gasteiger partial charge in [0.2, 0.25) is 0 Å². The van der Waals surface area contributed by atoms with E-state index in [9.17, 15) is 13.2 Å². The fraction of sp³-hybridized carbons (Fsp3) is 0.833. The van der Waals surface area contributed by atoms with E-state index in [1.165, 1.54) is 0 Å². The van der Waals surface area contributed by atoms with Gasteiger partial charge in [0.25, 0.3) is 0 Å². The molecule has 3 nitrogen and oxygen atoms in total. The van der Waals surface area contributed by atoms with Crippen LogP contribution in [0, 0.1) is 5.92 Å². The molecular weight excluding hydrogens is 243 g/mol. The molecule has 1 aliphatic carbocycles. The van der Waals surface area contributed by atoms with E-state index in [-0.39, 0.29) is 12.3 Å². The minimum atomic E-state index is -4.14. The van der Waals surface area contributed by atoms with Crippen LogP contribution in [0.15, 0.2) is 0 Å². The molecule has 2 rings (SSSR count). The Kier molecular flexibility index (Phi) is 3.64. The van der Waals surface area contributed by atoms with E-state index in [0.717, 1.165) is 6.42 Å². The summed E-state index contributed by atoms with van der Waals surface area (Å²) in [5, 5.41) is 6.70. The molecule has 2 unspecified atom stereocenters. The van der Waals surface area contributed by atoms with Gasteiger partial charge in [-0.05, 0) is 12.8 Å². The van der Waals surface area contributed by atoms with Crippen LogP contribution in [0.5, 0.6) is 0 Å². The molecule has 1 aromatic heterocycles. The van der Waals surface area contributed by atoms with Gasteiger partial charge in [-0.3, -0.25) is 5.10 Å². The lowest BCUT2D eigenvalue weighted by Crippen LogP contribution is -2.32. The average Bonchev–Trinajstić information content (AvgIpc) is 2.77. The van der Waals surface area contributed by atoms with Crippen molar-refractivity contribution in [3.8, 4) is 0 Å². The van der Waals surface area contributed by atoms with Crippen molar-refractivity contribution in [1.82, 2.24) is 15.2 Å². The Bertz CT molecular complexity index is 398. The molecule has 1 fully saturated rings. The Labute approximate surface area is 104 Å². The monoisotopic (exact) mass is 261 g/mol. The number of hydrogen-bond donors (Lipinski definition) is 1. The van der Waals surface area contributed by atoms with Crippen LogP contribution < -0.4 is 0 Å². The number of halogens is 3. The first-order chi connectivity index (χ1) is 8.39. The first kappa shape index (κ1) is 13.4. The van der Waals surface area contributed by atoms with Crippen LogP contribution in [0.1, 0.15) is 63.0 Å². The van der Waals surface area contributed by atoms with Crippen molar-refractivity contribution in [3.05, 3.63) is 11.6 Å². The van der Waals surface area contributed by atoms with Crippen LogP contribution in [0.4, 0.5) is 13.2 Å². The maximum Gasteiger partial charge on any atom is 0.392 e. The van der Waals surface area contributed by atoms with Gasteiger partial charge in [0.15, 0.2) is 5.82 Å².